The van der Waals surface area contributed by atoms with Gasteiger partial charge in [-0.15, -0.1) is 0 Å². The van der Waals surface area contributed by atoms with Crippen LogP contribution in [0.5, 0.6) is 5.75 Å². The zero-order valence-electron chi connectivity index (χ0n) is 15.4. The third-order valence-corrected chi connectivity index (χ3v) is 4.12. The molecular formula is C22H16FN3O3. The van der Waals surface area contributed by atoms with E-state index < -0.39 is 11.7 Å². The van der Waals surface area contributed by atoms with Crippen LogP contribution in [0, 0.1) is 17.1 Å². The standard InChI is InChI=1S/C22H16FN3O3/c1-29-16-9-7-15(8-10-16)21(27)25-19-4-2-3-5-20(19)26-22(28)17-11-6-14(13-24)12-18(17)23/h2-12H,1H3,(H,25,27)(H,26,28). The lowest BCUT2D eigenvalue weighted by Gasteiger charge is -2.13. The van der Waals surface area contributed by atoms with Crippen molar-refractivity contribution in [2.45, 2.75) is 0 Å². The average Bonchev–Trinajstić information content (AvgIpc) is 2.74. The molecule has 0 radical (unpaired) electrons. The summed E-state index contributed by atoms with van der Waals surface area (Å²) in [5.74, 6) is -1.25. The van der Waals surface area contributed by atoms with E-state index >= 15 is 0 Å². The normalized spacial score (nSPS) is 9.97. The minimum Gasteiger partial charge on any atom is -0.497 e. The molecule has 0 heterocycles. The Balaban J connectivity index is 1.79. The Bertz CT molecular complexity index is 1110. The highest BCUT2D eigenvalue weighted by Gasteiger charge is 2.15. The molecule has 144 valence electrons. The molecule has 0 atom stereocenters. The van der Waals surface area contributed by atoms with E-state index in [1.807, 2.05) is 6.07 Å². The van der Waals surface area contributed by atoms with Crippen molar-refractivity contribution < 1.29 is 18.7 Å². The number of para-hydroxylation sites is 2. The molecule has 0 aliphatic heterocycles. The van der Waals surface area contributed by atoms with E-state index in [0.29, 0.717) is 22.7 Å². The van der Waals surface area contributed by atoms with Gasteiger partial charge in [0.15, 0.2) is 0 Å². The van der Waals surface area contributed by atoms with Crippen molar-refractivity contribution in [2.75, 3.05) is 17.7 Å². The predicted molar refractivity (Wildman–Crippen MR) is 106 cm³/mol. The third-order valence-electron chi connectivity index (χ3n) is 4.12. The molecule has 7 heteroatoms. The number of nitrogens with zero attached hydrogens (tertiary/aromatic N) is 1. The Kier molecular flexibility index (Phi) is 5.85. The van der Waals surface area contributed by atoms with Crippen molar-refractivity contribution in [3.63, 3.8) is 0 Å². The second-order valence-electron chi connectivity index (χ2n) is 5.99. The summed E-state index contributed by atoms with van der Waals surface area (Å²) in [5, 5.41) is 14.1. The van der Waals surface area contributed by atoms with Gasteiger partial charge >= 0.3 is 0 Å². The van der Waals surface area contributed by atoms with Crippen LogP contribution in [0.4, 0.5) is 15.8 Å². The summed E-state index contributed by atoms with van der Waals surface area (Å²) in [6.07, 6.45) is 0. The van der Waals surface area contributed by atoms with E-state index in [9.17, 15) is 14.0 Å². The van der Waals surface area contributed by atoms with Crippen LogP contribution < -0.4 is 15.4 Å². The molecule has 0 aliphatic rings. The van der Waals surface area contributed by atoms with Gasteiger partial charge in [0.2, 0.25) is 0 Å². The maximum Gasteiger partial charge on any atom is 0.258 e. The molecule has 2 N–H and O–H groups in total. The Hall–Kier alpha value is -4.18. The lowest BCUT2D eigenvalue weighted by atomic mass is 10.1. The number of carbonyl (C=O) groups excluding carboxylic acids is 2. The molecule has 2 amide bonds. The Morgan fingerprint density at radius 3 is 2.10 bits per heavy atom. The molecule has 0 unspecified atom stereocenters. The molecule has 3 aromatic rings. The first-order valence-electron chi connectivity index (χ1n) is 8.57. The van der Waals surface area contributed by atoms with Crippen molar-refractivity contribution in [1.29, 1.82) is 5.26 Å². The molecule has 3 aromatic carbocycles. The van der Waals surface area contributed by atoms with Crippen molar-refractivity contribution in [2.24, 2.45) is 0 Å². The predicted octanol–water partition coefficient (Wildman–Crippen LogP) is 4.21. The van der Waals surface area contributed by atoms with Gasteiger partial charge in [-0.2, -0.15) is 5.26 Å². The van der Waals surface area contributed by atoms with Gasteiger partial charge < -0.3 is 15.4 Å². The number of nitrogens with one attached hydrogen (secondary N) is 2. The van der Waals surface area contributed by atoms with Gasteiger partial charge in [-0.05, 0) is 54.6 Å². The fourth-order valence-corrected chi connectivity index (χ4v) is 2.60. The average molecular weight is 389 g/mol. The minimum absolute atomic E-state index is 0.117. The summed E-state index contributed by atoms with van der Waals surface area (Å²) < 4.78 is 19.2. The van der Waals surface area contributed by atoms with Gasteiger partial charge in [0.05, 0.1) is 35.7 Å². The van der Waals surface area contributed by atoms with E-state index in [1.54, 1.807) is 48.5 Å². The molecule has 0 bridgehead atoms. The first kappa shape index (κ1) is 19.6. The van der Waals surface area contributed by atoms with Crippen LogP contribution in [0.25, 0.3) is 0 Å². The second kappa shape index (κ2) is 8.67. The third kappa shape index (κ3) is 4.57. The lowest BCUT2D eigenvalue weighted by molar-refractivity contribution is 0.101. The van der Waals surface area contributed by atoms with Crippen LogP contribution >= 0.6 is 0 Å². The Morgan fingerprint density at radius 1 is 0.931 bits per heavy atom. The fraction of sp³-hybridized carbons (Fsp3) is 0.0455. The quantitative estimate of drug-likeness (QED) is 0.684. The second-order valence-corrected chi connectivity index (χ2v) is 5.99. The van der Waals surface area contributed by atoms with Crippen LogP contribution in [0.3, 0.4) is 0 Å². The maximum absolute atomic E-state index is 14.1. The van der Waals surface area contributed by atoms with Crippen molar-refractivity contribution >= 4 is 23.2 Å². The SMILES string of the molecule is COc1ccc(C(=O)Nc2ccccc2NC(=O)c2ccc(C#N)cc2F)cc1. The first-order valence-corrected chi connectivity index (χ1v) is 8.57. The lowest BCUT2D eigenvalue weighted by Crippen LogP contribution is -2.17. The van der Waals surface area contributed by atoms with Gasteiger partial charge in [-0.25, -0.2) is 4.39 Å². The Morgan fingerprint density at radius 2 is 1.55 bits per heavy atom. The highest BCUT2D eigenvalue weighted by molar-refractivity contribution is 6.10. The number of anilines is 2. The van der Waals surface area contributed by atoms with Crippen LogP contribution in [-0.4, -0.2) is 18.9 Å². The molecule has 0 spiro atoms. The van der Waals surface area contributed by atoms with Crippen molar-refractivity contribution in [1.82, 2.24) is 0 Å². The van der Waals surface area contributed by atoms with Crippen molar-refractivity contribution in [3.8, 4) is 11.8 Å². The number of rotatable bonds is 5. The minimum atomic E-state index is -0.804. The van der Waals surface area contributed by atoms with E-state index in [2.05, 4.69) is 10.6 Å². The summed E-state index contributed by atoms with van der Waals surface area (Å²) >= 11 is 0. The molecular weight excluding hydrogens is 373 g/mol. The molecule has 0 saturated carbocycles. The highest BCUT2D eigenvalue weighted by Crippen LogP contribution is 2.23. The molecule has 0 fully saturated rings. The molecule has 3 rings (SSSR count). The van der Waals surface area contributed by atoms with E-state index in [1.165, 1.54) is 19.2 Å². The number of amides is 2. The molecule has 6 nitrogen and oxygen atoms in total. The highest BCUT2D eigenvalue weighted by atomic mass is 19.1. The summed E-state index contributed by atoms with van der Waals surface area (Å²) in [4.78, 5) is 24.9. The van der Waals surface area contributed by atoms with Crippen LogP contribution in [0.15, 0.2) is 66.7 Å². The maximum atomic E-state index is 14.1. The van der Waals surface area contributed by atoms with Crippen molar-refractivity contribution in [3.05, 3.63) is 89.2 Å². The summed E-state index contributed by atoms with van der Waals surface area (Å²) in [7, 11) is 1.53. The smallest absolute Gasteiger partial charge is 0.258 e. The summed E-state index contributed by atoms with van der Waals surface area (Å²) in [6.45, 7) is 0. The van der Waals surface area contributed by atoms with Crippen LogP contribution in [0.2, 0.25) is 0 Å². The fourth-order valence-electron chi connectivity index (χ4n) is 2.60. The number of benzene rings is 3. The van der Waals surface area contributed by atoms with Crippen LogP contribution in [-0.2, 0) is 0 Å². The number of nitriles is 1. The van der Waals surface area contributed by atoms with E-state index in [0.717, 1.165) is 6.07 Å². The van der Waals surface area contributed by atoms with Gasteiger partial charge in [-0.3, -0.25) is 9.59 Å². The van der Waals surface area contributed by atoms with Gasteiger partial charge in [0, 0.05) is 5.56 Å². The monoisotopic (exact) mass is 389 g/mol. The van der Waals surface area contributed by atoms with Gasteiger partial charge in [0.1, 0.15) is 11.6 Å². The number of methoxy groups -OCH3 is 1. The topological polar surface area (TPSA) is 91.2 Å². The molecule has 0 aromatic heterocycles. The zero-order valence-corrected chi connectivity index (χ0v) is 15.4. The Labute approximate surface area is 166 Å². The molecule has 0 aliphatic carbocycles. The van der Waals surface area contributed by atoms with Crippen LogP contribution in [0.1, 0.15) is 26.3 Å². The largest absolute Gasteiger partial charge is 0.497 e. The zero-order chi connectivity index (χ0) is 20.8. The number of hydrogen-bond donors (Lipinski definition) is 2. The number of halogens is 1. The summed E-state index contributed by atoms with van der Waals surface area (Å²) in [6, 6.07) is 18.5. The molecule has 0 saturated heterocycles. The van der Waals surface area contributed by atoms with Gasteiger partial charge in [-0.1, -0.05) is 12.1 Å². The summed E-state index contributed by atoms with van der Waals surface area (Å²) in [5.41, 5.74) is 0.982. The van der Waals surface area contributed by atoms with Gasteiger partial charge in [0.25, 0.3) is 11.8 Å². The first-order chi connectivity index (χ1) is 14.0. The molecule has 29 heavy (non-hydrogen) atoms. The number of ether oxygens (including phenoxy) is 1. The number of carbonyl (C=O) groups is 2. The van der Waals surface area contributed by atoms with E-state index in [-0.39, 0.29) is 17.0 Å². The van der Waals surface area contributed by atoms with E-state index in [4.69, 9.17) is 10.00 Å². The number of hydrogen-bond acceptors (Lipinski definition) is 4.